The van der Waals surface area contributed by atoms with E-state index in [0.717, 1.165) is 12.0 Å². The number of imide groups is 1. The molecule has 2 saturated heterocycles. The first-order valence-corrected chi connectivity index (χ1v) is 9.39. The number of carbonyl (C=O) groups is 2. The number of hydrogen-bond acceptors (Lipinski definition) is 5. The van der Waals surface area contributed by atoms with Crippen LogP contribution in [-0.2, 0) is 10.5 Å². The van der Waals surface area contributed by atoms with Gasteiger partial charge in [0, 0.05) is 19.8 Å². The number of hydrogen-bond donors (Lipinski definition) is 2. The average Bonchev–Trinajstić information content (AvgIpc) is 2.62. The topological polar surface area (TPSA) is 64.7 Å². The molecule has 0 spiro atoms. The Labute approximate surface area is 151 Å². The number of benzene rings is 1. The normalized spacial score (nSPS) is 29.8. The van der Waals surface area contributed by atoms with Crippen molar-refractivity contribution in [3.05, 3.63) is 35.6 Å². The molecule has 2 heterocycles. The van der Waals surface area contributed by atoms with E-state index >= 15 is 0 Å². The summed E-state index contributed by atoms with van der Waals surface area (Å²) in [5, 5.41) is 6.63. The molecule has 0 aliphatic carbocycles. The van der Waals surface area contributed by atoms with Gasteiger partial charge in [0.25, 0.3) is 0 Å². The zero-order chi connectivity index (χ0) is 18.1. The third-order valence-corrected chi connectivity index (χ3v) is 6.04. The molecule has 0 saturated carbocycles. The molecule has 1 aromatic rings. The Morgan fingerprint density at radius 2 is 2.00 bits per heavy atom. The molecule has 8 heteroatoms. The summed E-state index contributed by atoms with van der Waals surface area (Å²) in [5.41, 5.74) is 0.871. The van der Waals surface area contributed by atoms with Crippen molar-refractivity contribution in [3.63, 3.8) is 0 Å². The van der Waals surface area contributed by atoms with Crippen LogP contribution in [0.3, 0.4) is 0 Å². The number of nitrogens with one attached hydrogen (secondary N) is 2. The van der Waals surface area contributed by atoms with Crippen LogP contribution < -0.4 is 10.6 Å². The number of fused-ring (bicyclic) bond motifs is 1. The van der Waals surface area contributed by atoms with E-state index < -0.39 is 5.92 Å². The van der Waals surface area contributed by atoms with Crippen molar-refractivity contribution in [2.75, 3.05) is 14.1 Å². The van der Waals surface area contributed by atoms with Crippen LogP contribution in [0.25, 0.3) is 0 Å². The maximum absolute atomic E-state index is 13.4. The second-order valence-electron chi connectivity index (χ2n) is 6.42. The average molecular weight is 366 g/mol. The molecule has 6 nitrogen and oxygen atoms in total. The van der Waals surface area contributed by atoms with Crippen molar-refractivity contribution in [2.24, 2.45) is 5.92 Å². The Morgan fingerprint density at radius 3 is 2.68 bits per heavy atom. The smallest absolute Gasteiger partial charge is 0.311 e. The van der Waals surface area contributed by atoms with Crippen molar-refractivity contribution >= 4 is 23.7 Å². The largest absolute Gasteiger partial charge is 0.327 e. The summed E-state index contributed by atoms with van der Waals surface area (Å²) in [5.74, 6) is -0.267. The lowest BCUT2D eigenvalue weighted by molar-refractivity contribution is -0.140. The Bertz CT molecular complexity index is 674. The standard InChI is InChI=1S/C17H23FN4O2S/c1-4-12-19-14-13(16(23)22(3)17(24)21(14)2)15(20-12)25-9-10-6-5-7-11(18)8-10/h5-8,12-15,19-20H,4,9H2,1-3H3. The Hall–Kier alpha value is -1.64. The minimum Gasteiger partial charge on any atom is -0.311 e. The van der Waals surface area contributed by atoms with Gasteiger partial charge in [-0.1, -0.05) is 19.1 Å². The number of amides is 3. The minimum absolute atomic E-state index is 0.0118. The van der Waals surface area contributed by atoms with Crippen LogP contribution in [0.15, 0.2) is 24.3 Å². The summed E-state index contributed by atoms with van der Waals surface area (Å²) < 4.78 is 13.4. The van der Waals surface area contributed by atoms with Gasteiger partial charge in [-0.05, 0) is 24.1 Å². The Morgan fingerprint density at radius 1 is 1.24 bits per heavy atom. The van der Waals surface area contributed by atoms with Gasteiger partial charge in [0.2, 0.25) is 5.91 Å². The highest BCUT2D eigenvalue weighted by molar-refractivity contribution is 7.99. The fourth-order valence-electron chi connectivity index (χ4n) is 3.32. The quantitative estimate of drug-likeness (QED) is 0.850. The highest BCUT2D eigenvalue weighted by Crippen LogP contribution is 2.33. The third-order valence-electron chi connectivity index (χ3n) is 4.75. The van der Waals surface area contributed by atoms with Crippen LogP contribution in [0.5, 0.6) is 0 Å². The van der Waals surface area contributed by atoms with Crippen molar-refractivity contribution < 1.29 is 14.0 Å². The van der Waals surface area contributed by atoms with Gasteiger partial charge in [0.15, 0.2) is 0 Å². The predicted octanol–water partition coefficient (Wildman–Crippen LogP) is 1.78. The summed E-state index contributed by atoms with van der Waals surface area (Å²) in [7, 11) is 3.22. The second-order valence-corrected chi connectivity index (χ2v) is 7.55. The minimum atomic E-state index is -0.394. The van der Waals surface area contributed by atoms with E-state index in [2.05, 4.69) is 10.6 Å². The van der Waals surface area contributed by atoms with E-state index in [-0.39, 0.29) is 35.5 Å². The molecule has 0 radical (unpaired) electrons. The molecule has 2 fully saturated rings. The maximum atomic E-state index is 13.4. The van der Waals surface area contributed by atoms with Gasteiger partial charge in [0.1, 0.15) is 5.82 Å². The molecule has 25 heavy (non-hydrogen) atoms. The van der Waals surface area contributed by atoms with E-state index in [1.54, 1.807) is 29.8 Å². The molecule has 2 aliphatic heterocycles. The number of nitrogens with zero attached hydrogens (tertiary/aromatic N) is 2. The fraction of sp³-hybridized carbons (Fsp3) is 0.529. The first-order chi connectivity index (χ1) is 11.9. The summed E-state index contributed by atoms with van der Waals surface area (Å²) in [6.45, 7) is 2.04. The lowest BCUT2D eigenvalue weighted by atomic mass is 9.97. The lowest BCUT2D eigenvalue weighted by Gasteiger charge is -2.50. The number of thioether (sulfide) groups is 1. The molecule has 0 bridgehead atoms. The van der Waals surface area contributed by atoms with E-state index in [4.69, 9.17) is 0 Å². The van der Waals surface area contributed by atoms with Crippen LogP contribution in [0.1, 0.15) is 18.9 Å². The molecular weight excluding hydrogens is 343 g/mol. The van der Waals surface area contributed by atoms with Crippen molar-refractivity contribution in [1.29, 1.82) is 0 Å². The fourth-order valence-corrected chi connectivity index (χ4v) is 4.60. The van der Waals surface area contributed by atoms with Crippen LogP contribution in [-0.4, -0.2) is 53.5 Å². The lowest BCUT2D eigenvalue weighted by Crippen LogP contribution is -2.74. The first-order valence-electron chi connectivity index (χ1n) is 8.35. The van der Waals surface area contributed by atoms with Gasteiger partial charge in [-0.2, -0.15) is 0 Å². The zero-order valence-electron chi connectivity index (χ0n) is 14.5. The van der Waals surface area contributed by atoms with Gasteiger partial charge in [0.05, 0.1) is 23.6 Å². The van der Waals surface area contributed by atoms with E-state index in [9.17, 15) is 14.0 Å². The molecule has 0 aromatic heterocycles. The molecule has 136 valence electrons. The predicted molar refractivity (Wildman–Crippen MR) is 95.0 cm³/mol. The summed E-state index contributed by atoms with van der Waals surface area (Å²) in [6, 6.07) is 6.18. The van der Waals surface area contributed by atoms with E-state index in [0.29, 0.717) is 5.75 Å². The number of halogens is 1. The summed E-state index contributed by atoms with van der Waals surface area (Å²) >= 11 is 1.57. The van der Waals surface area contributed by atoms with Gasteiger partial charge < -0.3 is 4.90 Å². The van der Waals surface area contributed by atoms with Crippen LogP contribution >= 0.6 is 11.8 Å². The Kier molecular flexibility index (Phi) is 5.31. The molecule has 3 amide bonds. The Balaban J connectivity index is 1.80. The maximum Gasteiger partial charge on any atom is 0.327 e. The monoisotopic (exact) mass is 366 g/mol. The van der Waals surface area contributed by atoms with Crippen molar-refractivity contribution in [3.8, 4) is 0 Å². The van der Waals surface area contributed by atoms with Gasteiger partial charge in [-0.3, -0.25) is 20.3 Å². The van der Waals surface area contributed by atoms with Crippen molar-refractivity contribution in [1.82, 2.24) is 20.4 Å². The highest BCUT2D eigenvalue weighted by atomic mass is 32.2. The summed E-state index contributed by atoms with van der Waals surface area (Å²) in [4.78, 5) is 27.7. The molecule has 4 unspecified atom stereocenters. The highest BCUT2D eigenvalue weighted by Gasteiger charge is 2.50. The van der Waals surface area contributed by atoms with Crippen LogP contribution in [0.2, 0.25) is 0 Å². The number of carbonyl (C=O) groups excluding carboxylic acids is 2. The molecular formula is C17H23FN4O2S. The SMILES string of the molecule is CCC1NC(SCc2cccc(F)c2)C2C(=O)N(C)C(=O)N(C)C2N1. The molecule has 2 aliphatic rings. The molecule has 3 rings (SSSR count). The summed E-state index contributed by atoms with van der Waals surface area (Å²) in [6.07, 6.45) is 0.497. The van der Waals surface area contributed by atoms with E-state index in [1.807, 2.05) is 13.0 Å². The van der Waals surface area contributed by atoms with Gasteiger partial charge >= 0.3 is 6.03 Å². The molecule has 1 aromatic carbocycles. The molecule has 2 N–H and O–H groups in total. The second kappa shape index (κ2) is 7.31. The molecule has 4 atom stereocenters. The van der Waals surface area contributed by atoms with Gasteiger partial charge in [-0.25, -0.2) is 9.18 Å². The van der Waals surface area contributed by atoms with Crippen LogP contribution in [0, 0.1) is 11.7 Å². The van der Waals surface area contributed by atoms with Crippen molar-refractivity contribution in [2.45, 2.75) is 36.8 Å². The van der Waals surface area contributed by atoms with Crippen LogP contribution in [0.4, 0.5) is 9.18 Å². The zero-order valence-corrected chi connectivity index (χ0v) is 15.3. The number of urea groups is 1. The van der Waals surface area contributed by atoms with Gasteiger partial charge in [-0.15, -0.1) is 11.8 Å². The number of rotatable bonds is 4. The first kappa shape index (κ1) is 18.2. The third kappa shape index (κ3) is 3.51. The van der Waals surface area contributed by atoms with E-state index in [1.165, 1.54) is 24.1 Å².